The van der Waals surface area contributed by atoms with Gasteiger partial charge in [-0.15, -0.1) is 0 Å². The highest BCUT2D eigenvalue weighted by atomic mass is 35.5. The maximum atomic E-state index is 12.8. The molecule has 1 fully saturated rings. The molecule has 1 aromatic carbocycles. The van der Waals surface area contributed by atoms with Gasteiger partial charge in [-0.25, -0.2) is 0 Å². The number of rotatable bonds is 4. The number of hydrogen-bond donors (Lipinski definition) is 1. The summed E-state index contributed by atoms with van der Waals surface area (Å²) in [5.74, 6) is 0.953. The lowest BCUT2D eigenvalue weighted by Gasteiger charge is -2.33. The van der Waals surface area contributed by atoms with Gasteiger partial charge in [0.1, 0.15) is 13.2 Å². The third-order valence-corrected chi connectivity index (χ3v) is 4.73. The molecule has 0 radical (unpaired) electrons. The number of halogens is 1. The highest BCUT2D eigenvalue weighted by Crippen LogP contribution is 2.38. The van der Waals surface area contributed by atoms with Crippen LogP contribution in [0.5, 0.6) is 11.5 Å². The lowest BCUT2D eigenvalue weighted by atomic mass is 9.93. The SMILES string of the molecule is NC(=O)CCC1CCCN(C(=O)c2cc(Cl)c3c(c2)OCCO3)C1. The fraction of sp³-hybridized carbons (Fsp3) is 0.529. The average Bonchev–Trinajstić information content (AvgIpc) is 2.59. The third kappa shape index (κ3) is 3.75. The summed E-state index contributed by atoms with van der Waals surface area (Å²) in [4.78, 5) is 25.6. The van der Waals surface area contributed by atoms with Gasteiger partial charge in [-0.2, -0.15) is 0 Å². The molecule has 6 nitrogen and oxygen atoms in total. The summed E-state index contributed by atoms with van der Waals surface area (Å²) in [5, 5.41) is 0.387. The highest BCUT2D eigenvalue weighted by Gasteiger charge is 2.27. The molecule has 2 aliphatic rings. The number of likely N-dealkylation sites (tertiary alicyclic amines) is 1. The Morgan fingerprint density at radius 2 is 2.08 bits per heavy atom. The minimum atomic E-state index is -0.294. The van der Waals surface area contributed by atoms with E-state index < -0.39 is 0 Å². The summed E-state index contributed by atoms with van der Waals surface area (Å²) in [6, 6.07) is 3.32. The van der Waals surface area contributed by atoms with E-state index in [1.807, 2.05) is 4.90 Å². The summed E-state index contributed by atoms with van der Waals surface area (Å²) in [5.41, 5.74) is 5.72. The van der Waals surface area contributed by atoms with Crippen LogP contribution >= 0.6 is 11.6 Å². The first-order valence-electron chi connectivity index (χ1n) is 8.21. The van der Waals surface area contributed by atoms with Crippen LogP contribution in [0.3, 0.4) is 0 Å². The first-order valence-corrected chi connectivity index (χ1v) is 8.59. The van der Waals surface area contributed by atoms with Crippen LogP contribution in [0, 0.1) is 5.92 Å². The van der Waals surface area contributed by atoms with Crippen molar-refractivity contribution in [1.82, 2.24) is 4.90 Å². The van der Waals surface area contributed by atoms with Gasteiger partial charge in [-0.3, -0.25) is 9.59 Å². The van der Waals surface area contributed by atoms with Crippen molar-refractivity contribution in [2.75, 3.05) is 26.3 Å². The maximum Gasteiger partial charge on any atom is 0.254 e. The molecule has 24 heavy (non-hydrogen) atoms. The molecule has 2 aliphatic heterocycles. The molecule has 1 aromatic rings. The van der Waals surface area contributed by atoms with Gasteiger partial charge < -0.3 is 20.1 Å². The van der Waals surface area contributed by atoms with Crippen molar-refractivity contribution in [3.8, 4) is 11.5 Å². The highest BCUT2D eigenvalue weighted by molar-refractivity contribution is 6.32. The fourth-order valence-electron chi connectivity index (χ4n) is 3.25. The normalized spacial score (nSPS) is 19.9. The van der Waals surface area contributed by atoms with Crippen LogP contribution in [0.2, 0.25) is 5.02 Å². The number of nitrogens with two attached hydrogens (primary N) is 1. The van der Waals surface area contributed by atoms with Gasteiger partial charge in [0, 0.05) is 25.1 Å². The number of fused-ring (bicyclic) bond motifs is 1. The van der Waals surface area contributed by atoms with Crippen LogP contribution in [0.4, 0.5) is 0 Å². The Labute approximate surface area is 145 Å². The van der Waals surface area contributed by atoms with E-state index in [1.54, 1.807) is 12.1 Å². The summed E-state index contributed by atoms with van der Waals surface area (Å²) in [7, 11) is 0. The Hall–Kier alpha value is -1.95. The monoisotopic (exact) mass is 352 g/mol. The van der Waals surface area contributed by atoms with E-state index in [0.717, 1.165) is 19.3 Å². The molecule has 1 saturated heterocycles. The number of carbonyl (C=O) groups excluding carboxylic acids is 2. The number of piperidine rings is 1. The van der Waals surface area contributed by atoms with Crippen molar-refractivity contribution in [1.29, 1.82) is 0 Å². The molecular formula is C17H21ClN2O4. The van der Waals surface area contributed by atoms with Crippen LogP contribution in [0.25, 0.3) is 0 Å². The molecule has 0 bridgehead atoms. The van der Waals surface area contributed by atoms with E-state index in [1.165, 1.54) is 0 Å². The molecule has 7 heteroatoms. The number of carbonyl (C=O) groups is 2. The van der Waals surface area contributed by atoms with Crippen molar-refractivity contribution >= 4 is 23.4 Å². The summed E-state index contributed by atoms with van der Waals surface area (Å²) < 4.78 is 11.0. The lowest BCUT2D eigenvalue weighted by molar-refractivity contribution is -0.118. The molecule has 0 spiro atoms. The smallest absolute Gasteiger partial charge is 0.254 e. The zero-order valence-electron chi connectivity index (χ0n) is 13.4. The predicted molar refractivity (Wildman–Crippen MR) is 89.5 cm³/mol. The van der Waals surface area contributed by atoms with Gasteiger partial charge >= 0.3 is 0 Å². The number of primary amides is 1. The van der Waals surface area contributed by atoms with Crippen molar-refractivity contribution in [2.45, 2.75) is 25.7 Å². The minimum Gasteiger partial charge on any atom is -0.486 e. The van der Waals surface area contributed by atoms with Gasteiger partial charge in [0.05, 0.1) is 5.02 Å². The van der Waals surface area contributed by atoms with Crippen molar-refractivity contribution in [2.24, 2.45) is 11.7 Å². The van der Waals surface area contributed by atoms with Gasteiger partial charge in [0.15, 0.2) is 11.5 Å². The molecule has 1 atom stereocenters. The average molecular weight is 353 g/mol. The number of nitrogens with zero attached hydrogens (tertiary/aromatic N) is 1. The van der Waals surface area contributed by atoms with Crippen LogP contribution in [-0.4, -0.2) is 43.0 Å². The number of ether oxygens (including phenoxy) is 2. The number of hydrogen-bond acceptors (Lipinski definition) is 4. The van der Waals surface area contributed by atoms with Crippen LogP contribution in [-0.2, 0) is 4.79 Å². The second kappa shape index (κ2) is 7.30. The molecule has 2 amide bonds. The van der Waals surface area contributed by atoms with Gasteiger partial charge in [0.25, 0.3) is 5.91 Å². The molecule has 1 unspecified atom stereocenters. The lowest BCUT2D eigenvalue weighted by Crippen LogP contribution is -2.40. The van der Waals surface area contributed by atoms with Crippen LogP contribution in [0.15, 0.2) is 12.1 Å². The van der Waals surface area contributed by atoms with E-state index in [4.69, 9.17) is 26.8 Å². The quantitative estimate of drug-likeness (QED) is 0.900. The first kappa shape index (κ1) is 16.9. The largest absolute Gasteiger partial charge is 0.486 e. The predicted octanol–water partition coefficient (Wildman–Crippen LogP) is 2.23. The molecule has 0 saturated carbocycles. The van der Waals surface area contributed by atoms with Gasteiger partial charge in [-0.1, -0.05) is 11.6 Å². The van der Waals surface area contributed by atoms with Crippen molar-refractivity contribution < 1.29 is 19.1 Å². The van der Waals surface area contributed by atoms with Crippen LogP contribution < -0.4 is 15.2 Å². The van der Waals surface area contributed by atoms with Crippen molar-refractivity contribution in [3.05, 3.63) is 22.7 Å². The first-order chi connectivity index (χ1) is 11.5. The maximum absolute atomic E-state index is 12.8. The third-order valence-electron chi connectivity index (χ3n) is 4.45. The Morgan fingerprint density at radius 1 is 1.29 bits per heavy atom. The molecule has 130 valence electrons. The van der Waals surface area contributed by atoms with Gasteiger partial charge in [0.2, 0.25) is 5.91 Å². The minimum absolute atomic E-state index is 0.0716. The van der Waals surface area contributed by atoms with E-state index in [9.17, 15) is 9.59 Å². The zero-order valence-corrected chi connectivity index (χ0v) is 14.2. The molecule has 0 aliphatic carbocycles. The topological polar surface area (TPSA) is 81.9 Å². The molecule has 0 aromatic heterocycles. The summed E-state index contributed by atoms with van der Waals surface area (Å²) in [6.45, 7) is 2.24. The Morgan fingerprint density at radius 3 is 2.88 bits per heavy atom. The Balaban J connectivity index is 1.71. The summed E-state index contributed by atoms with van der Waals surface area (Å²) >= 11 is 6.22. The van der Waals surface area contributed by atoms with E-state index in [0.29, 0.717) is 60.7 Å². The van der Waals surface area contributed by atoms with Crippen molar-refractivity contribution in [3.63, 3.8) is 0 Å². The Bertz CT molecular complexity index is 650. The second-order valence-electron chi connectivity index (χ2n) is 6.25. The standard InChI is InChI=1S/C17H21ClN2O4/c18-13-8-12(9-14-16(13)24-7-6-23-14)17(22)20-5-1-2-11(10-20)3-4-15(19)21/h8-9,11H,1-7,10H2,(H2,19,21). The molecule has 3 rings (SSSR count). The van der Waals surface area contributed by atoms with E-state index >= 15 is 0 Å². The molecular weight excluding hydrogens is 332 g/mol. The van der Waals surface area contributed by atoms with E-state index in [2.05, 4.69) is 0 Å². The molecule has 2 N–H and O–H groups in total. The number of benzene rings is 1. The Kier molecular flexibility index (Phi) is 5.14. The molecule has 2 heterocycles. The second-order valence-corrected chi connectivity index (χ2v) is 6.65. The van der Waals surface area contributed by atoms with E-state index in [-0.39, 0.29) is 11.8 Å². The van der Waals surface area contributed by atoms with Crippen LogP contribution in [0.1, 0.15) is 36.0 Å². The zero-order chi connectivity index (χ0) is 17.1. The number of amides is 2. The fourth-order valence-corrected chi connectivity index (χ4v) is 3.51. The summed E-state index contributed by atoms with van der Waals surface area (Å²) in [6.07, 6.45) is 3.02. The van der Waals surface area contributed by atoms with Gasteiger partial charge in [-0.05, 0) is 37.3 Å².